The van der Waals surface area contributed by atoms with E-state index in [2.05, 4.69) is 9.97 Å². The Kier molecular flexibility index (Phi) is 3.22. The van der Waals surface area contributed by atoms with Crippen LogP contribution in [0.2, 0.25) is 5.02 Å². The number of pyridine rings is 2. The van der Waals surface area contributed by atoms with Gasteiger partial charge in [-0.3, -0.25) is 4.98 Å². The maximum absolute atomic E-state index is 8.74. The second-order valence-electron chi connectivity index (χ2n) is 3.46. The zero-order chi connectivity index (χ0) is 12.3. The smallest absolute Gasteiger partial charge is 0.141 e. The third-order valence-corrected chi connectivity index (χ3v) is 2.63. The number of nitriles is 1. The number of nitrogens with two attached hydrogens (primary N) is 1. The van der Waals surface area contributed by atoms with Gasteiger partial charge in [-0.2, -0.15) is 5.26 Å². The molecule has 0 radical (unpaired) electrons. The van der Waals surface area contributed by atoms with Crippen LogP contribution >= 0.6 is 11.6 Å². The van der Waals surface area contributed by atoms with Crippen molar-refractivity contribution in [1.29, 1.82) is 5.26 Å². The van der Waals surface area contributed by atoms with Crippen LogP contribution in [0.4, 0.5) is 5.82 Å². The second kappa shape index (κ2) is 4.81. The lowest BCUT2D eigenvalue weighted by atomic mass is 10.1. The van der Waals surface area contributed by atoms with Crippen LogP contribution < -0.4 is 5.73 Å². The number of nitrogen functional groups attached to an aromatic ring is 1. The van der Waals surface area contributed by atoms with E-state index >= 15 is 0 Å². The quantitative estimate of drug-likeness (QED) is 0.879. The largest absolute Gasteiger partial charge is 0.383 e. The minimum atomic E-state index is 0.233. The highest BCUT2D eigenvalue weighted by molar-refractivity contribution is 6.31. The van der Waals surface area contributed by atoms with Crippen molar-refractivity contribution in [3.05, 3.63) is 52.4 Å². The summed E-state index contributed by atoms with van der Waals surface area (Å²) in [7, 11) is 0. The number of halogens is 1. The predicted octanol–water partition coefficient (Wildman–Crippen LogP) is 2.17. The lowest BCUT2D eigenvalue weighted by molar-refractivity contribution is 1.01. The summed E-state index contributed by atoms with van der Waals surface area (Å²) in [4.78, 5) is 8.31. The van der Waals surface area contributed by atoms with Crippen LogP contribution in [0.15, 0.2) is 30.5 Å². The van der Waals surface area contributed by atoms with Gasteiger partial charge in [0, 0.05) is 18.3 Å². The zero-order valence-corrected chi connectivity index (χ0v) is 9.65. The van der Waals surface area contributed by atoms with Gasteiger partial charge in [-0.25, -0.2) is 4.98 Å². The Morgan fingerprint density at radius 3 is 2.82 bits per heavy atom. The lowest BCUT2D eigenvalue weighted by Gasteiger charge is -2.04. The summed E-state index contributed by atoms with van der Waals surface area (Å²) < 4.78 is 0. The Hall–Kier alpha value is -2.12. The first kappa shape index (κ1) is 11.4. The zero-order valence-electron chi connectivity index (χ0n) is 8.89. The number of hydrogen-bond donors (Lipinski definition) is 1. The van der Waals surface area contributed by atoms with Gasteiger partial charge in [0.2, 0.25) is 0 Å². The molecule has 5 heteroatoms. The summed E-state index contributed by atoms with van der Waals surface area (Å²) in [5.74, 6) is 0.233. The van der Waals surface area contributed by atoms with Crippen LogP contribution in [-0.2, 0) is 6.42 Å². The highest BCUT2D eigenvalue weighted by Gasteiger charge is 2.06. The Balaban J connectivity index is 2.29. The molecule has 0 atom stereocenters. The fourth-order valence-electron chi connectivity index (χ4n) is 1.43. The summed E-state index contributed by atoms with van der Waals surface area (Å²) in [5, 5.41) is 9.33. The van der Waals surface area contributed by atoms with E-state index < -0.39 is 0 Å². The van der Waals surface area contributed by atoms with Gasteiger partial charge in [0.1, 0.15) is 11.9 Å². The van der Waals surface area contributed by atoms with Gasteiger partial charge in [-0.15, -0.1) is 0 Å². The summed E-state index contributed by atoms with van der Waals surface area (Å²) in [6.07, 6.45) is 2.17. The van der Waals surface area contributed by atoms with Crippen LogP contribution in [0.25, 0.3) is 0 Å². The summed E-state index contributed by atoms with van der Waals surface area (Å²) in [6.45, 7) is 0. The normalized spacial score (nSPS) is 9.88. The van der Waals surface area contributed by atoms with Gasteiger partial charge in [-0.1, -0.05) is 11.6 Å². The van der Waals surface area contributed by atoms with E-state index in [-0.39, 0.29) is 5.82 Å². The van der Waals surface area contributed by atoms with Gasteiger partial charge in [0.15, 0.2) is 0 Å². The number of nitrogens with zero attached hydrogens (tertiary/aromatic N) is 3. The molecule has 0 aliphatic rings. The van der Waals surface area contributed by atoms with Crippen molar-refractivity contribution in [1.82, 2.24) is 9.97 Å². The molecule has 0 aliphatic heterocycles. The van der Waals surface area contributed by atoms with Crippen LogP contribution in [0.5, 0.6) is 0 Å². The van der Waals surface area contributed by atoms with E-state index in [1.807, 2.05) is 6.07 Å². The number of rotatable bonds is 2. The summed E-state index contributed by atoms with van der Waals surface area (Å²) in [6, 6.07) is 8.91. The Labute approximate surface area is 104 Å². The van der Waals surface area contributed by atoms with Gasteiger partial charge >= 0.3 is 0 Å². The highest BCUT2D eigenvalue weighted by Crippen LogP contribution is 2.17. The van der Waals surface area contributed by atoms with Crippen molar-refractivity contribution in [3.8, 4) is 6.07 Å². The fourth-order valence-corrected chi connectivity index (χ4v) is 1.62. The minimum Gasteiger partial charge on any atom is -0.383 e. The maximum Gasteiger partial charge on any atom is 0.141 e. The van der Waals surface area contributed by atoms with Gasteiger partial charge in [0.05, 0.1) is 16.3 Å². The Morgan fingerprint density at radius 1 is 1.35 bits per heavy atom. The molecule has 17 heavy (non-hydrogen) atoms. The molecule has 0 saturated carbocycles. The minimum absolute atomic E-state index is 0.233. The molecule has 2 N–H and O–H groups in total. The molecule has 0 unspecified atom stereocenters. The van der Waals surface area contributed by atoms with Crippen LogP contribution in [0.1, 0.15) is 17.0 Å². The van der Waals surface area contributed by atoms with E-state index in [1.54, 1.807) is 30.5 Å². The SMILES string of the molecule is N#Cc1ccc(Cc2ncccc2Cl)nc1N. The number of anilines is 1. The molecule has 0 bridgehead atoms. The monoisotopic (exact) mass is 244 g/mol. The van der Waals surface area contributed by atoms with E-state index in [9.17, 15) is 0 Å². The molecule has 2 aromatic heterocycles. The van der Waals surface area contributed by atoms with Crippen molar-refractivity contribution < 1.29 is 0 Å². The molecule has 2 aromatic rings. The van der Waals surface area contributed by atoms with Crippen LogP contribution in [0, 0.1) is 11.3 Å². The van der Waals surface area contributed by atoms with Crippen molar-refractivity contribution in [2.75, 3.05) is 5.73 Å². The molecule has 84 valence electrons. The first-order valence-electron chi connectivity index (χ1n) is 4.95. The summed E-state index contributed by atoms with van der Waals surface area (Å²) in [5.41, 5.74) is 7.49. The van der Waals surface area contributed by atoms with Crippen molar-refractivity contribution >= 4 is 17.4 Å². The molecule has 0 saturated heterocycles. The Morgan fingerprint density at radius 2 is 2.18 bits per heavy atom. The van der Waals surface area contributed by atoms with Crippen molar-refractivity contribution in [3.63, 3.8) is 0 Å². The highest BCUT2D eigenvalue weighted by atomic mass is 35.5. The average Bonchev–Trinajstić information content (AvgIpc) is 2.32. The van der Waals surface area contributed by atoms with Crippen molar-refractivity contribution in [2.24, 2.45) is 0 Å². The molecule has 0 amide bonds. The molecule has 0 aliphatic carbocycles. The molecule has 4 nitrogen and oxygen atoms in total. The van der Waals surface area contributed by atoms with E-state index in [0.717, 1.165) is 11.4 Å². The van der Waals surface area contributed by atoms with Gasteiger partial charge in [-0.05, 0) is 24.3 Å². The number of aromatic nitrogens is 2. The average molecular weight is 245 g/mol. The number of hydrogen-bond acceptors (Lipinski definition) is 4. The standard InChI is InChI=1S/C12H9ClN4/c13-10-2-1-5-16-11(10)6-9-4-3-8(7-14)12(15)17-9/h1-5H,6H2,(H2,15,17). The molecular weight excluding hydrogens is 236 g/mol. The first-order valence-corrected chi connectivity index (χ1v) is 5.33. The fraction of sp³-hybridized carbons (Fsp3) is 0.0833. The first-order chi connectivity index (χ1) is 8.20. The maximum atomic E-state index is 8.74. The van der Waals surface area contributed by atoms with E-state index in [1.165, 1.54) is 0 Å². The van der Waals surface area contributed by atoms with Crippen LogP contribution in [-0.4, -0.2) is 9.97 Å². The van der Waals surface area contributed by atoms with E-state index in [4.69, 9.17) is 22.6 Å². The second-order valence-corrected chi connectivity index (χ2v) is 3.86. The lowest BCUT2D eigenvalue weighted by Crippen LogP contribution is -2.01. The van der Waals surface area contributed by atoms with Crippen molar-refractivity contribution in [2.45, 2.75) is 6.42 Å². The topological polar surface area (TPSA) is 75.6 Å². The Bertz CT molecular complexity index is 589. The molecule has 2 rings (SSSR count). The molecule has 2 heterocycles. The van der Waals surface area contributed by atoms with Gasteiger partial charge < -0.3 is 5.73 Å². The van der Waals surface area contributed by atoms with E-state index in [0.29, 0.717) is 17.0 Å². The summed E-state index contributed by atoms with van der Waals surface area (Å²) >= 11 is 6.00. The molecule has 0 spiro atoms. The third-order valence-electron chi connectivity index (χ3n) is 2.29. The molecule has 0 aromatic carbocycles. The third kappa shape index (κ3) is 2.52. The predicted molar refractivity (Wildman–Crippen MR) is 65.4 cm³/mol. The van der Waals surface area contributed by atoms with Gasteiger partial charge in [0.25, 0.3) is 0 Å². The van der Waals surface area contributed by atoms with Crippen LogP contribution in [0.3, 0.4) is 0 Å². The molecule has 0 fully saturated rings. The molecular formula is C12H9ClN4.